The summed E-state index contributed by atoms with van der Waals surface area (Å²) in [5.41, 5.74) is 1.91. The lowest BCUT2D eigenvalue weighted by atomic mass is 10.0. The number of nitrogens with zero attached hydrogens (tertiary/aromatic N) is 2. The van der Waals surface area contributed by atoms with E-state index in [2.05, 4.69) is 17.6 Å². The Balaban J connectivity index is 1.44. The van der Waals surface area contributed by atoms with Gasteiger partial charge in [0, 0.05) is 37.9 Å². The molecule has 1 fully saturated rings. The number of para-hydroxylation sites is 1. The second-order valence-electron chi connectivity index (χ2n) is 7.28. The summed E-state index contributed by atoms with van der Waals surface area (Å²) in [6.07, 6.45) is 0.882. The minimum Gasteiger partial charge on any atom is -0.497 e. The van der Waals surface area contributed by atoms with Crippen molar-refractivity contribution in [2.45, 2.75) is 19.4 Å². The maximum atomic E-state index is 12.6. The van der Waals surface area contributed by atoms with Crippen LogP contribution in [0.1, 0.15) is 24.9 Å². The molecule has 7 heteroatoms. The van der Waals surface area contributed by atoms with E-state index < -0.39 is 0 Å². The van der Waals surface area contributed by atoms with Crippen molar-refractivity contribution in [2.75, 3.05) is 45.2 Å². The van der Waals surface area contributed by atoms with Crippen LogP contribution < -0.4 is 15.4 Å². The number of rotatable bonds is 7. The normalized spacial score (nSPS) is 14.9. The molecular weight excluding hydrogens is 380 g/mol. The molecule has 3 amide bonds. The molecule has 0 radical (unpaired) electrons. The smallest absolute Gasteiger partial charge is 0.321 e. The highest BCUT2D eigenvalue weighted by Gasteiger charge is 2.24. The van der Waals surface area contributed by atoms with Crippen LogP contribution in [-0.2, 0) is 4.79 Å². The third-order valence-corrected chi connectivity index (χ3v) is 5.37. The van der Waals surface area contributed by atoms with Gasteiger partial charge >= 0.3 is 6.03 Å². The molecule has 2 aromatic rings. The SMILES string of the molecule is CCC(NCC(=O)N1CCN(C(=O)Nc2ccccc2)CC1)c1ccc(OC)cc1. The standard InChI is InChI=1S/C23H30N4O3/c1-3-21(18-9-11-20(30-2)12-10-18)24-17-22(28)26-13-15-27(16-14-26)23(29)25-19-7-5-4-6-8-19/h4-12,21,24H,3,13-17H2,1-2H3,(H,25,29). The third-order valence-electron chi connectivity index (χ3n) is 5.37. The first-order valence-corrected chi connectivity index (χ1v) is 10.4. The second kappa shape index (κ2) is 10.6. The van der Waals surface area contributed by atoms with Crippen LogP contribution in [-0.4, -0.2) is 61.6 Å². The molecule has 3 rings (SSSR count). The summed E-state index contributed by atoms with van der Waals surface area (Å²) < 4.78 is 5.21. The van der Waals surface area contributed by atoms with Gasteiger partial charge < -0.3 is 25.2 Å². The van der Waals surface area contributed by atoms with Gasteiger partial charge in [-0.25, -0.2) is 4.79 Å². The molecule has 0 aromatic heterocycles. The number of ether oxygens (including phenoxy) is 1. The molecule has 0 aliphatic carbocycles. The van der Waals surface area contributed by atoms with Crippen molar-refractivity contribution in [3.05, 3.63) is 60.2 Å². The van der Waals surface area contributed by atoms with Crippen LogP contribution in [0, 0.1) is 0 Å². The van der Waals surface area contributed by atoms with Crippen LogP contribution in [0.4, 0.5) is 10.5 Å². The van der Waals surface area contributed by atoms with Crippen LogP contribution in [0.3, 0.4) is 0 Å². The zero-order valence-corrected chi connectivity index (χ0v) is 17.6. The Hall–Kier alpha value is -3.06. The van der Waals surface area contributed by atoms with Gasteiger partial charge in [0.25, 0.3) is 0 Å². The first-order valence-electron chi connectivity index (χ1n) is 10.4. The Morgan fingerprint density at radius 3 is 2.20 bits per heavy atom. The Bertz CT molecular complexity index is 818. The second-order valence-corrected chi connectivity index (χ2v) is 7.28. The van der Waals surface area contributed by atoms with Gasteiger partial charge in [-0.3, -0.25) is 4.79 Å². The van der Waals surface area contributed by atoms with E-state index in [9.17, 15) is 9.59 Å². The summed E-state index contributed by atoms with van der Waals surface area (Å²) in [5.74, 6) is 0.879. The molecule has 30 heavy (non-hydrogen) atoms. The van der Waals surface area contributed by atoms with E-state index in [0.29, 0.717) is 26.2 Å². The van der Waals surface area contributed by atoms with Crippen molar-refractivity contribution in [1.29, 1.82) is 0 Å². The van der Waals surface area contributed by atoms with Gasteiger partial charge in [-0.05, 0) is 36.2 Å². The van der Waals surface area contributed by atoms with Gasteiger partial charge in [0.15, 0.2) is 0 Å². The molecule has 2 aromatic carbocycles. The highest BCUT2D eigenvalue weighted by atomic mass is 16.5. The molecule has 1 heterocycles. The van der Waals surface area contributed by atoms with Crippen LogP contribution in [0.2, 0.25) is 0 Å². The fourth-order valence-electron chi connectivity index (χ4n) is 3.54. The van der Waals surface area contributed by atoms with Crippen molar-refractivity contribution < 1.29 is 14.3 Å². The highest BCUT2D eigenvalue weighted by molar-refractivity contribution is 5.89. The van der Waals surface area contributed by atoms with Crippen molar-refractivity contribution >= 4 is 17.6 Å². The number of methoxy groups -OCH3 is 1. The molecule has 1 saturated heterocycles. The number of piperazine rings is 1. The van der Waals surface area contributed by atoms with Gasteiger partial charge in [0.05, 0.1) is 13.7 Å². The Morgan fingerprint density at radius 2 is 1.60 bits per heavy atom. The van der Waals surface area contributed by atoms with E-state index in [0.717, 1.165) is 23.4 Å². The predicted octanol–water partition coefficient (Wildman–Crippen LogP) is 3.11. The number of nitrogens with one attached hydrogen (secondary N) is 2. The van der Waals surface area contributed by atoms with Crippen LogP contribution in [0.5, 0.6) is 5.75 Å². The molecule has 160 valence electrons. The first-order chi connectivity index (χ1) is 14.6. The average Bonchev–Trinajstić information content (AvgIpc) is 2.80. The largest absolute Gasteiger partial charge is 0.497 e. The van der Waals surface area contributed by atoms with Crippen molar-refractivity contribution in [2.24, 2.45) is 0 Å². The number of amides is 3. The summed E-state index contributed by atoms with van der Waals surface area (Å²) in [5, 5.41) is 6.25. The van der Waals surface area contributed by atoms with Crippen molar-refractivity contribution in [3.63, 3.8) is 0 Å². The zero-order valence-electron chi connectivity index (χ0n) is 17.6. The van der Waals surface area contributed by atoms with Crippen LogP contribution in [0.15, 0.2) is 54.6 Å². The minimum atomic E-state index is -0.128. The van der Waals surface area contributed by atoms with Gasteiger partial charge in [-0.1, -0.05) is 37.3 Å². The summed E-state index contributed by atoms with van der Waals surface area (Å²) in [6, 6.07) is 17.3. The molecule has 0 spiro atoms. The number of carbonyl (C=O) groups excluding carboxylic acids is 2. The van der Waals surface area contributed by atoms with Crippen LogP contribution in [0.25, 0.3) is 0 Å². The van der Waals surface area contributed by atoms with E-state index in [1.807, 2.05) is 59.5 Å². The molecule has 0 saturated carbocycles. The fourth-order valence-corrected chi connectivity index (χ4v) is 3.54. The molecule has 7 nitrogen and oxygen atoms in total. The highest BCUT2D eigenvalue weighted by Crippen LogP contribution is 2.20. The lowest BCUT2D eigenvalue weighted by Crippen LogP contribution is -2.53. The Labute approximate surface area is 178 Å². The van der Waals surface area contributed by atoms with E-state index in [1.165, 1.54) is 0 Å². The Kier molecular flexibility index (Phi) is 7.68. The maximum Gasteiger partial charge on any atom is 0.321 e. The quantitative estimate of drug-likeness (QED) is 0.736. The number of benzene rings is 2. The number of hydrogen-bond donors (Lipinski definition) is 2. The lowest BCUT2D eigenvalue weighted by molar-refractivity contribution is -0.131. The first kappa shape index (κ1) is 21.6. The summed E-state index contributed by atoms with van der Waals surface area (Å²) in [6.45, 7) is 4.52. The monoisotopic (exact) mass is 410 g/mol. The van der Waals surface area contributed by atoms with E-state index in [4.69, 9.17) is 4.74 Å². The van der Waals surface area contributed by atoms with E-state index in [1.54, 1.807) is 12.0 Å². The lowest BCUT2D eigenvalue weighted by Gasteiger charge is -2.35. The summed E-state index contributed by atoms with van der Waals surface area (Å²) in [7, 11) is 1.65. The maximum absolute atomic E-state index is 12.6. The van der Waals surface area contributed by atoms with Crippen molar-refractivity contribution in [3.8, 4) is 5.75 Å². The molecule has 1 unspecified atom stereocenters. The molecule has 2 N–H and O–H groups in total. The van der Waals surface area contributed by atoms with Gasteiger partial charge in [-0.15, -0.1) is 0 Å². The van der Waals surface area contributed by atoms with Gasteiger partial charge in [0.1, 0.15) is 5.75 Å². The van der Waals surface area contributed by atoms with Gasteiger partial charge in [0.2, 0.25) is 5.91 Å². The number of anilines is 1. The summed E-state index contributed by atoms with van der Waals surface area (Å²) >= 11 is 0. The van der Waals surface area contributed by atoms with Crippen molar-refractivity contribution in [1.82, 2.24) is 15.1 Å². The van der Waals surface area contributed by atoms with Gasteiger partial charge in [-0.2, -0.15) is 0 Å². The third kappa shape index (κ3) is 5.73. The fraction of sp³-hybridized carbons (Fsp3) is 0.391. The Morgan fingerprint density at radius 1 is 0.967 bits per heavy atom. The number of carbonyl (C=O) groups is 2. The number of hydrogen-bond acceptors (Lipinski definition) is 4. The topological polar surface area (TPSA) is 73.9 Å². The molecule has 1 atom stereocenters. The predicted molar refractivity (Wildman–Crippen MR) is 118 cm³/mol. The molecule has 0 bridgehead atoms. The average molecular weight is 411 g/mol. The number of urea groups is 1. The molecule has 1 aliphatic heterocycles. The van der Waals surface area contributed by atoms with E-state index in [-0.39, 0.29) is 24.5 Å². The summed E-state index contributed by atoms with van der Waals surface area (Å²) in [4.78, 5) is 28.6. The molecular formula is C23H30N4O3. The minimum absolute atomic E-state index is 0.0603. The zero-order chi connectivity index (χ0) is 21.3. The van der Waals surface area contributed by atoms with E-state index >= 15 is 0 Å². The van der Waals surface area contributed by atoms with Crippen LogP contribution >= 0.6 is 0 Å². The molecule has 1 aliphatic rings.